The molecule has 0 aliphatic carbocycles. The maximum atomic E-state index is 12.9. The molecular weight excluding hydrogens is 497 g/mol. The van der Waals surface area contributed by atoms with Gasteiger partial charge in [-0.15, -0.1) is 0 Å². The SMILES string of the molecule is COc1ccc(/C=C2\SC(=O)N(Cc3ccccc3Cl)C2=O)cc1OC(=O)c1ccc(Cl)cc1. The van der Waals surface area contributed by atoms with E-state index in [1.807, 2.05) is 0 Å². The van der Waals surface area contributed by atoms with E-state index in [0.717, 1.165) is 16.7 Å². The summed E-state index contributed by atoms with van der Waals surface area (Å²) >= 11 is 12.9. The summed E-state index contributed by atoms with van der Waals surface area (Å²) < 4.78 is 10.8. The Hall–Kier alpha value is -3.26. The fourth-order valence-electron chi connectivity index (χ4n) is 3.19. The van der Waals surface area contributed by atoms with Crippen molar-refractivity contribution >= 4 is 58.2 Å². The van der Waals surface area contributed by atoms with Crippen molar-refractivity contribution in [2.75, 3.05) is 7.11 Å². The Balaban J connectivity index is 1.56. The van der Waals surface area contributed by atoms with Crippen molar-refractivity contribution in [3.05, 3.63) is 98.4 Å². The van der Waals surface area contributed by atoms with Crippen molar-refractivity contribution in [1.82, 2.24) is 4.90 Å². The fourth-order valence-corrected chi connectivity index (χ4v) is 4.35. The lowest BCUT2D eigenvalue weighted by Crippen LogP contribution is -2.27. The third-order valence-electron chi connectivity index (χ3n) is 4.93. The average molecular weight is 514 g/mol. The first kappa shape index (κ1) is 23.9. The van der Waals surface area contributed by atoms with Gasteiger partial charge in [0.05, 0.1) is 24.1 Å². The lowest BCUT2D eigenvalue weighted by molar-refractivity contribution is -0.123. The van der Waals surface area contributed by atoms with Crippen LogP contribution in [0.5, 0.6) is 11.5 Å². The standard InChI is InChI=1S/C25H17Cl2NO5S/c1-32-20-11-6-15(12-21(20)33-24(30)16-7-9-18(26)10-8-16)13-22-23(29)28(25(31)34-22)14-17-4-2-3-5-19(17)27/h2-13H,14H2,1H3/b22-13-. The maximum absolute atomic E-state index is 12.9. The molecule has 1 aliphatic heterocycles. The van der Waals surface area contributed by atoms with Gasteiger partial charge in [0.2, 0.25) is 0 Å². The van der Waals surface area contributed by atoms with E-state index in [-0.39, 0.29) is 22.4 Å². The van der Waals surface area contributed by atoms with E-state index in [1.165, 1.54) is 7.11 Å². The van der Waals surface area contributed by atoms with E-state index in [9.17, 15) is 14.4 Å². The zero-order valence-electron chi connectivity index (χ0n) is 17.8. The molecule has 34 heavy (non-hydrogen) atoms. The van der Waals surface area contributed by atoms with Gasteiger partial charge < -0.3 is 9.47 Å². The molecule has 3 aromatic carbocycles. The number of hydrogen-bond donors (Lipinski definition) is 0. The zero-order chi connectivity index (χ0) is 24.2. The molecule has 0 bridgehead atoms. The number of methoxy groups -OCH3 is 1. The fraction of sp³-hybridized carbons (Fsp3) is 0.0800. The number of ether oxygens (including phenoxy) is 2. The molecule has 0 N–H and O–H groups in total. The number of carbonyl (C=O) groups excluding carboxylic acids is 3. The van der Waals surface area contributed by atoms with Crippen LogP contribution in [0.3, 0.4) is 0 Å². The van der Waals surface area contributed by atoms with Gasteiger partial charge >= 0.3 is 5.97 Å². The molecule has 0 aromatic heterocycles. The highest BCUT2D eigenvalue weighted by molar-refractivity contribution is 8.18. The summed E-state index contributed by atoms with van der Waals surface area (Å²) in [4.78, 5) is 39.3. The number of esters is 1. The molecule has 4 rings (SSSR count). The molecule has 1 saturated heterocycles. The van der Waals surface area contributed by atoms with Gasteiger partial charge in [-0.2, -0.15) is 0 Å². The number of halogens is 2. The summed E-state index contributed by atoms with van der Waals surface area (Å²) in [5.74, 6) is -0.504. The van der Waals surface area contributed by atoms with Gasteiger partial charge in [-0.25, -0.2) is 4.79 Å². The van der Waals surface area contributed by atoms with Gasteiger partial charge in [0, 0.05) is 10.0 Å². The molecule has 0 atom stereocenters. The molecule has 172 valence electrons. The number of thioether (sulfide) groups is 1. The topological polar surface area (TPSA) is 72.9 Å². The average Bonchev–Trinajstić information content (AvgIpc) is 3.08. The zero-order valence-corrected chi connectivity index (χ0v) is 20.1. The lowest BCUT2D eigenvalue weighted by atomic mass is 10.1. The Bertz CT molecular complexity index is 1310. The van der Waals surface area contributed by atoms with Crippen molar-refractivity contribution < 1.29 is 23.9 Å². The number of amides is 2. The van der Waals surface area contributed by atoms with E-state index in [1.54, 1.807) is 72.8 Å². The molecule has 6 nitrogen and oxygen atoms in total. The largest absolute Gasteiger partial charge is 0.493 e. The van der Waals surface area contributed by atoms with E-state index < -0.39 is 11.9 Å². The van der Waals surface area contributed by atoms with Gasteiger partial charge in [-0.3, -0.25) is 14.5 Å². The quantitative estimate of drug-likeness (QED) is 0.214. The Labute approximate surface area is 210 Å². The second kappa shape index (κ2) is 10.3. The predicted molar refractivity (Wildman–Crippen MR) is 132 cm³/mol. The molecule has 9 heteroatoms. The minimum Gasteiger partial charge on any atom is -0.493 e. The highest BCUT2D eigenvalue weighted by Gasteiger charge is 2.35. The van der Waals surface area contributed by atoms with Crippen molar-refractivity contribution in [2.45, 2.75) is 6.54 Å². The van der Waals surface area contributed by atoms with Crippen LogP contribution >= 0.6 is 35.0 Å². The summed E-state index contributed by atoms with van der Waals surface area (Å²) in [7, 11) is 1.45. The van der Waals surface area contributed by atoms with Gasteiger partial charge in [-0.1, -0.05) is 47.5 Å². The van der Waals surface area contributed by atoms with Crippen LogP contribution in [0.4, 0.5) is 4.79 Å². The first-order valence-corrected chi connectivity index (χ1v) is 11.6. The summed E-state index contributed by atoms with van der Waals surface area (Å²) in [5, 5.41) is 0.589. The minimum atomic E-state index is -0.591. The third-order valence-corrected chi connectivity index (χ3v) is 6.46. The van der Waals surface area contributed by atoms with Crippen LogP contribution in [0, 0.1) is 0 Å². The van der Waals surface area contributed by atoms with Gasteiger partial charge in [0.15, 0.2) is 11.5 Å². The number of nitrogens with zero attached hydrogens (tertiary/aromatic N) is 1. The smallest absolute Gasteiger partial charge is 0.343 e. The number of rotatable bonds is 6. The van der Waals surface area contributed by atoms with Gasteiger partial charge in [0.1, 0.15) is 0 Å². The molecule has 2 amide bonds. The Morgan fingerprint density at radius 3 is 2.44 bits per heavy atom. The monoisotopic (exact) mass is 513 g/mol. The molecular formula is C25H17Cl2NO5S. The van der Waals surface area contributed by atoms with Crippen LogP contribution in [-0.2, 0) is 11.3 Å². The molecule has 0 unspecified atom stereocenters. The molecule has 1 fully saturated rings. The molecule has 0 spiro atoms. The summed E-state index contributed by atoms with van der Waals surface area (Å²) in [6.07, 6.45) is 1.57. The first-order valence-electron chi connectivity index (χ1n) is 10.0. The van der Waals surface area contributed by atoms with Crippen LogP contribution in [0.2, 0.25) is 10.0 Å². The highest BCUT2D eigenvalue weighted by atomic mass is 35.5. The molecule has 3 aromatic rings. The Morgan fingerprint density at radius 1 is 1.00 bits per heavy atom. The normalized spacial score (nSPS) is 14.6. The maximum Gasteiger partial charge on any atom is 0.343 e. The van der Waals surface area contributed by atoms with Crippen molar-refractivity contribution in [3.63, 3.8) is 0 Å². The molecule has 1 heterocycles. The number of carbonyl (C=O) groups is 3. The van der Waals surface area contributed by atoms with E-state index >= 15 is 0 Å². The highest BCUT2D eigenvalue weighted by Crippen LogP contribution is 2.36. The van der Waals surface area contributed by atoms with Crippen LogP contribution < -0.4 is 9.47 Å². The Kier molecular flexibility index (Phi) is 7.26. The van der Waals surface area contributed by atoms with Crippen LogP contribution in [0.15, 0.2) is 71.6 Å². The molecule has 0 radical (unpaired) electrons. The lowest BCUT2D eigenvalue weighted by Gasteiger charge is -2.13. The van der Waals surface area contributed by atoms with Crippen LogP contribution in [0.1, 0.15) is 21.5 Å². The molecule has 0 saturated carbocycles. The predicted octanol–water partition coefficient (Wildman–Crippen LogP) is 6.46. The van der Waals surface area contributed by atoms with Gasteiger partial charge in [0.25, 0.3) is 11.1 Å². The number of hydrogen-bond acceptors (Lipinski definition) is 6. The number of imide groups is 1. The summed E-state index contributed by atoms with van der Waals surface area (Å²) in [6.45, 7) is 0.0776. The second-order valence-corrected chi connectivity index (χ2v) is 9.00. The second-order valence-electron chi connectivity index (χ2n) is 7.17. The van der Waals surface area contributed by atoms with Crippen molar-refractivity contribution in [1.29, 1.82) is 0 Å². The van der Waals surface area contributed by atoms with Crippen LogP contribution in [-0.4, -0.2) is 29.1 Å². The van der Waals surface area contributed by atoms with E-state index in [0.29, 0.717) is 32.5 Å². The number of benzene rings is 3. The van der Waals surface area contributed by atoms with Crippen LogP contribution in [0.25, 0.3) is 6.08 Å². The first-order chi connectivity index (χ1) is 16.4. The minimum absolute atomic E-state index is 0.0776. The van der Waals surface area contributed by atoms with E-state index in [4.69, 9.17) is 32.7 Å². The van der Waals surface area contributed by atoms with Gasteiger partial charge in [-0.05, 0) is 71.4 Å². The summed E-state index contributed by atoms with van der Waals surface area (Å²) in [6, 6.07) is 18.2. The third kappa shape index (κ3) is 5.28. The summed E-state index contributed by atoms with van der Waals surface area (Å²) in [5.41, 5.74) is 1.55. The Morgan fingerprint density at radius 2 is 1.74 bits per heavy atom. The van der Waals surface area contributed by atoms with Crippen molar-refractivity contribution in [2.24, 2.45) is 0 Å². The molecule has 1 aliphatic rings. The van der Waals surface area contributed by atoms with E-state index in [2.05, 4.69) is 0 Å². The van der Waals surface area contributed by atoms with Crippen molar-refractivity contribution in [3.8, 4) is 11.5 Å².